The molecule has 1 aromatic rings. The van der Waals surface area contributed by atoms with Gasteiger partial charge in [-0.1, -0.05) is 26.2 Å². The Labute approximate surface area is 104 Å². The summed E-state index contributed by atoms with van der Waals surface area (Å²) >= 11 is 0. The van der Waals surface area contributed by atoms with Gasteiger partial charge < -0.3 is 4.57 Å². The van der Waals surface area contributed by atoms with E-state index in [1.165, 1.54) is 37.8 Å². The van der Waals surface area contributed by atoms with E-state index < -0.39 is 0 Å². The van der Waals surface area contributed by atoms with E-state index in [4.69, 9.17) is 0 Å². The van der Waals surface area contributed by atoms with Crippen molar-refractivity contribution in [2.75, 3.05) is 0 Å². The van der Waals surface area contributed by atoms with Crippen LogP contribution in [0.5, 0.6) is 0 Å². The first-order valence-corrected chi connectivity index (χ1v) is 6.78. The van der Waals surface area contributed by atoms with Crippen molar-refractivity contribution in [3.8, 4) is 0 Å². The fourth-order valence-electron chi connectivity index (χ4n) is 3.29. The highest BCUT2D eigenvalue weighted by Crippen LogP contribution is 2.35. The van der Waals surface area contributed by atoms with Gasteiger partial charge in [0.15, 0.2) is 6.29 Å². The van der Waals surface area contributed by atoms with Crippen LogP contribution in [0.1, 0.15) is 66.8 Å². The van der Waals surface area contributed by atoms with Crippen LogP contribution in [0.4, 0.5) is 0 Å². The van der Waals surface area contributed by atoms with E-state index in [1.54, 1.807) is 0 Å². The average molecular weight is 233 g/mol. The summed E-state index contributed by atoms with van der Waals surface area (Å²) in [6.07, 6.45) is 7.61. The number of carbonyl (C=O) groups excluding carboxylic acids is 1. The highest BCUT2D eigenvalue weighted by Gasteiger charge is 2.24. The maximum atomic E-state index is 11.0. The molecule has 2 heteroatoms. The highest BCUT2D eigenvalue weighted by molar-refractivity contribution is 5.77. The summed E-state index contributed by atoms with van der Waals surface area (Å²) in [5, 5.41) is 0. The molecule has 2 nitrogen and oxygen atoms in total. The van der Waals surface area contributed by atoms with Gasteiger partial charge in [-0.15, -0.1) is 0 Å². The van der Waals surface area contributed by atoms with Crippen LogP contribution >= 0.6 is 0 Å². The van der Waals surface area contributed by atoms with E-state index in [9.17, 15) is 4.79 Å². The van der Waals surface area contributed by atoms with Crippen molar-refractivity contribution in [1.82, 2.24) is 4.57 Å². The van der Waals surface area contributed by atoms with Crippen molar-refractivity contribution in [1.29, 1.82) is 0 Å². The molecule has 0 amide bonds. The van der Waals surface area contributed by atoms with Gasteiger partial charge in [-0.25, -0.2) is 0 Å². The van der Waals surface area contributed by atoms with Crippen molar-refractivity contribution >= 4 is 6.29 Å². The SMILES string of the molecule is Cc1cc(C=O)c(C)n1C1CCCCCC1C. The van der Waals surface area contributed by atoms with Crippen molar-refractivity contribution in [2.45, 2.75) is 58.9 Å². The molecule has 0 saturated heterocycles. The lowest BCUT2D eigenvalue weighted by molar-refractivity contribution is 0.112. The quantitative estimate of drug-likeness (QED) is 0.557. The second-order valence-corrected chi connectivity index (χ2v) is 5.50. The fourth-order valence-corrected chi connectivity index (χ4v) is 3.29. The van der Waals surface area contributed by atoms with E-state index in [0.717, 1.165) is 23.5 Å². The number of rotatable bonds is 2. The summed E-state index contributed by atoms with van der Waals surface area (Å²) < 4.78 is 2.40. The predicted molar refractivity (Wildman–Crippen MR) is 70.6 cm³/mol. The highest BCUT2D eigenvalue weighted by atomic mass is 16.1. The zero-order valence-electron chi connectivity index (χ0n) is 11.2. The third-order valence-corrected chi connectivity index (χ3v) is 4.30. The minimum atomic E-state index is 0.589. The number of aldehydes is 1. The summed E-state index contributed by atoms with van der Waals surface area (Å²) in [6, 6.07) is 2.62. The van der Waals surface area contributed by atoms with Gasteiger partial charge in [-0.05, 0) is 38.7 Å². The minimum Gasteiger partial charge on any atom is -0.345 e. The molecule has 0 aliphatic heterocycles. The van der Waals surface area contributed by atoms with Crippen LogP contribution in [-0.2, 0) is 0 Å². The number of aryl methyl sites for hydroxylation is 1. The molecule has 2 rings (SSSR count). The van der Waals surface area contributed by atoms with E-state index in [2.05, 4.69) is 25.3 Å². The van der Waals surface area contributed by atoms with E-state index in [0.29, 0.717) is 6.04 Å². The first kappa shape index (κ1) is 12.4. The first-order chi connectivity index (χ1) is 8.15. The Bertz CT molecular complexity index is 405. The number of hydrogen-bond acceptors (Lipinski definition) is 1. The Morgan fingerprint density at radius 1 is 1.24 bits per heavy atom. The fraction of sp³-hybridized carbons (Fsp3) is 0.667. The van der Waals surface area contributed by atoms with Gasteiger partial charge in [0.1, 0.15) is 0 Å². The number of carbonyl (C=O) groups is 1. The molecule has 1 saturated carbocycles. The number of nitrogens with zero attached hydrogens (tertiary/aromatic N) is 1. The molecular weight excluding hydrogens is 210 g/mol. The number of hydrogen-bond donors (Lipinski definition) is 0. The Hall–Kier alpha value is -1.05. The Morgan fingerprint density at radius 3 is 2.59 bits per heavy atom. The van der Waals surface area contributed by atoms with E-state index in [1.807, 2.05) is 6.07 Å². The largest absolute Gasteiger partial charge is 0.345 e. The van der Waals surface area contributed by atoms with Gasteiger partial charge in [-0.2, -0.15) is 0 Å². The number of aromatic nitrogens is 1. The van der Waals surface area contributed by atoms with Crippen molar-refractivity contribution in [2.24, 2.45) is 5.92 Å². The molecule has 0 spiro atoms. The van der Waals surface area contributed by atoms with Crippen molar-refractivity contribution < 1.29 is 4.79 Å². The molecule has 0 radical (unpaired) electrons. The van der Waals surface area contributed by atoms with E-state index >= 15 is 0 Å². The molecule has 1 fully saturated rings. The maximum Gasteiger partial charge on any atom is 0.151 e. The van der Waals surface area contributed by atoms with Crippen molar-refractivity contribution in [3.05, 3.63) is 23.0 Å². The topological polar surface area (TPSA) is 22.0 Å². The standard InChI is InChI=1S/C15H23NO/c1-11-7-5-4-6-8-15(11)16-12(2)9-14(10-17)13(16)3/h9-11,15H,4-8H2,1-3H3. The smallest absolute Gasteiger partial charge is 0.151 e. The molecule has 0 aromatic carbocycles. The van der Waals surface area contributed by atoms with Gasteiger partial charge in [0, 0.05) is 23.0 Å². The van der Waals surface area contributed by atoms with Crippen molar-refractivity contribution in [3.63, 3.8) is 0 Å². The van der Waals surface area contributed by atoms with E-state index in [-0.39, 0.29) is 0 Å². The third-order valence-electron chi connectivity index (χ3n) is 4.30. The molecular formula is C15H23NO. The zero-order chi connectivity index (χ0) is 12.4. The van der Waals surface area contributed by atoms with Gasteiger partial charge in [0.05, 0.1) is 0 Å². The molecule has 2 atom stereocenters. The van der Waals surface area contributed by atoms with Crippen LogP contribution in [-0.4, -0.2) is 10.9 Å². The first-order valence-electron chi connectivity index (χ1n) is 6.78. The van der Waals surface area contributed by atoms with Crippen LogP contribution in [0, 0.1) is 19.8 Å². The Kier molecular flexibility index (Phi) is 3.70. The monoisotopic (exact) mass is 233 g/mol. The molecule has 1 heterocycles. The Balaban J connectivity index is 2.37. The van der Waals surface area contributed by atoms with Crippen LogP contribution in [0.3, 0.4) is 0 Å². The van der Waals surface area contributed by atoms with Crippen LogP contribution in [0.15, 0.2) is 6.07 Å². The zero-order valence-corrected chi connectivity index (χ0v) is 11.2. The second kappa shape index (κ2) is 5.07. The molecule has 2 unspecified atom stereocenters. The van der Waals surface area contributed by atoms with Gasteiger partial charge in [0.2, 0.25) is 0 Å². The molecule has 0 bridgehead atoms. The molecule has 94 valence electrons. The summed E-state index contributed by atoms with van der Waals surface area (Å²) in [5.74, 6) is 0.724. The minimum absolute atomic E-state index is 0.589. The molecule has 17 heavy (non-hydrogen) atoms. The lowest BCUT2D eigenvalue weighted by Crippen LogP contribution is -2.18. The molecule has 1 aliphatic rings. The van der Waals surface area contributed by atoms with Crippen LogP contribution < -0.4 is 0 Å². The van der Waals surface area contributed by atoms with Gasteiger partial charge in [-0.3, -0.25) is 4.79 Å². The normalized spacial score (nSPS) is 25.6. The van der Waals surface area contributed by atoms with Crippen LogP contribution in [0.25, 0.3) is 0 Å². The third kappa shape index (κ3) is 2.31. The lowest BCUT2D eigenvalue weighted by Gasteiger charge is -2.26. The Morgan fingerprint density at radius 2 is 1.94 bits per heavy atom. The summed E-state index contributed by atoms with van der Waals surface area (Å²) in [7, 11) is 0. The second-order valence-electron chi connectivity index (χ2n) is 5.50. The predicted octanol–water partition coefficient (Wildman–Crippen LogP) is 4.06. The van der Waals surface area contributed by atoms with Gasteiger partial charge >= 0.3 is 0 Å². The summed E-state index contributed by atoms with van der Waals surface area (Å²) in [5.41, 5.74) is 3.25. The maximum absolute atomic E-state index is 11.0. The molecule has 0 N–H and O–H groups in total. The summed E-state index contributed by atoms with van der Waals surface area (Å²) in [4.78, 5) is 11.0. The lowest BCUT2D eigenvalue weighted by atomic mass is 9.96. The van der Waals surface area contributed by atoms with Crippen LogP contribution in [0.2, 0.25) is 0 Å². The summed E-state index contributed by atoms with van der Waals surface area (Å²) in [6.45, 7) is 6.56. The molecule has 1 aliphatic carbocycles. The van der Waals surface area contributed by atoms with Gasteiger partial charge in [0.25, 0.3) is 0 Å². The molecule has 1 aromatic heterocycles. The average Bonchev–Trinajstić information content (AvgIpc) is 2.48.